The van der Waals surface area contributed by atoms with Crippen LogP contribution in [-0.2, 0) is 6.54 Å². The van der Waals surface area contributed by atoms with E-state index in [1.54, 1.807) is 17.2 Å². The van der Waals surface area contributed by atoms with E-state index in [2.05, 4.69) is 10.3 Å². The van der Waals surface area contributed by atoms with E-state index in [1.807, 2.05) is 19.1 Å². The molecule has 3 rings (SSSR count). The number of likely N-dealkylation sites (tertiary alicyclic amines) is 1. The number of pyridine rings is 1. The summed E-state index contributed by atoms with van der Waals surface area (Å²) < 4.78 is 28.5. The van der Waals surface area contributed by atoms with E-state index in [-0.39, 0.29) is 49.5 Å². The maximum absolute atomic E-state index is 15.0. The third-order valence-electron chi connectivity index (χ3n) is 5.00. The van der Waals surface area contributed by atoms with Gasteiger partial charge in [-0.2, -0.15) is 5.26 Å². The first kappa shape index (κ1) is 19.9. The highest BCUT2D eigenvalue weighted by atomic mass is 19.1. The van der Waals surface area contributed by atoms with Crippen LogP contribution in [-0.4, -0.2) is 41.1 Å². The van der Waals surface area contributed by atoms with Gasteiger partial charge in [-0.25, -0.2) is 8.78 Å². The van der Waals surface area contributed by atoms with Gasteiger partial charge in [0.05, 0.1) is 11.3 Å². The first-order valence-electron chi connectivity index (χ1n) is 9.20. The summed E-state index contributed by atoms with van der Waals surface area (Å²) in [6.07, 6.45) is 2.22. The number of hydrogen-bond acceptors (Lipinski definition) is 4. The monoisotopic (exact) mass is 384 g/mol. The molecule has 1 saturated heterocycles. The molecule has 146 valence electrons. The number of hydrogen-bond donors (Lipinski definition) is 1. The van der Waals surface area contributed by atoms with Gasteiger partial charge in [0, 0.05) is 50.8 Å². The molecule has 1 aliphatic heterocycles. The Morgan fingerprint density at radius 3 is 2.71 bits per heavy atom. The van der Waals surface area contributed by atoms with Gasteiger partial charge in [-0.1, -0.05) is 6.07 Å². The van der Waals surface area contributed by atoms with Gasteiger partial charge in [0.2, 0.25) is 0 Å². The minimum atomic E-state index is -1.39. The van der Waals surface area contributed by atoms with Crippen molar-refractivity contribution in [3.8, 4) is 6.07 Å². The molecule has 0 aliphatic carbocycles. The predicted molar refractivity (Wildman–Crippen MR) is 101 cm³/mol. The van der Waals surface area contributed by atoms with Crippen LogP contribution in [0.25, 0.3) is 0 Å². The molecule has 2 heterocycles. The van der Waals surface area contributed by atoms with Crippen LogP contribution in [0.3, 0.4) is 0 Å². The van der Waals surface area contributed by atoms with E-state index < -0.39 is 11.5 Å². The second-order valence-corrected chi connectivity index (χ2v) is 7.18. The van der Waals surface area contributed by atoms with E-state index in [1.165, 1.54) is 12.1 Å². The summed E-state index contributed by atoms with van der Waals surface area (Å²) in [5.74, 6) is -0.968. The largest absolute Gasteiger partial charge is 0.338 e. The predicted octanol–water partition coefficient (Wildman–Crippen LogP) is 3.13. The number of carbonyl (C=O) groups excluding carboxylic acids is 1. The van der Waals surface area contributed by atoms with Crippen molar-refractivity contribution >= 4 is 5.91 Å². The van der Waals surface area contributed by atoms with E-state index in [0.717, 1.165) is 17.3 Å². The van der Waals surface area contributed by atoms with Gasteiger partial charge in [0.15, 0.2) is 0 Å². The van der Waals surface area contributed by atoms with Crippen molar-refractivity contribution in [2.45, 2.75) is 32.0 Å². The average molecular weight is 384 g/mol. The van der Waals surface area contributed by atoms with Gasteiger partial charge in [0.1, 0.15) is 17.6 Å². The van der Waals surface area contributed by atoms with Crippen LogP contribution >= 0.6 is 0 Å². The van der Waals surface area contributed by atoms with E-state index >= 15 is 4.39 Å². The lowest BCUT2D eigenvalue weighted by atomic mass is 9.92. The van der Waals surface area contributed by atoms with Crippen LogP contribution in [0, 0.1) is 24.1 Å². The second kappa shape index (κ2) is 8.44. The number of piperidine rings is 1. The Morgan fingerprint density at radius 1 is 1.32 bits per heavy atom. The summed E-state index contributed by atoms with van der Waals surface area (Å²) in [7, 11) is 0. The number of alkyl halides is 1. The molecule has 7 heteroatoms. The van der Waals surface area contributed by atoms with Gasteiger partial charge in [-0.05, 0) is 36.8 Å². The highest BCUT2D eigenvalue weighted by molar-refractivity contribution is 5.94. The highest BCUT2D eigenvalue weighted by Crippen LogP contribution is 2.27. The fraction of sp³-hybridized carbons (Fsp3) is 0.381. The van der Waals surface area contributed by atoms with Gasteiger partial charge >= 0.3 is 0 Å². The molecule has 1 aromatic heterocycles. The number of benzene rings is 1. The Kier molecular flexibility index (Phi) is 6.00. The minimum absolute atomic E-state index is 0.170. The van der Waals surface area contributed by atoms with E-state index in [0.29, 0.717) is 6.54 Å². The average Bonchev–Trinajstić information content (AvgIpc) is 2.70. The lowest BCUT2D eigenvalue weighted by molar-refractivity contribution is 0.0434. The number of nitrogens with one attached hydrogen (secondary N) is 1. The molecule has 1 N–H and O–H groups in total. The maximum atomic E-state index is 15.0. The standard InChI is InChI=1S/C21H22F2N4O/c1-15-2-4-18(26-12-15)13-25-14-21(23)6-8-27(9-7-21)20(28)16-3-5-19(22)17(10-16)11-24/h2-5,10,12,25H,6-9,13-14H2,1H3. The van der Waals surface area contributed by atoms with Crippen molar-refractivity contribution in [3.63, 3.8) is 0 Å². The Hall–Kier alpha value is -2.85. The first-order chi connectivity index (χ1) is 13.4. The molecule has 5 nitrogen and oxygen atoms in total. The Morgan fingerprint density at radius 2 is 2.07 bits per heavy atom. The van der Waals surface area contributed by atoms with Crippen LogP contribution in [0.1, 0.15) is 40.0 Å². The second-order valence-electron chi connectivity index (χ2n) is 7.18. The Labute approximate surface area is 163 Å². The van der Waals surface area contributed by atoms with Gasteiger partial charge in [-0.15, -0.1) is 0 Å². The zero-order valence-corrected chi connectivity index (χ0v) is 15.7. The summed E-state index contributed by atoms with van der Waals surface area (Å²) in [6, 6.07) is 9.30. The molecular formula is C21H22F2N4O. The van der Waals surface area contributed by atoms with Crippen LogP contribution in [0.4, 0.5) is 8.78 Å². The quantitative estimate of drug-likeness (QED) is 0.860. The van der Waals surface area contributed by atoms with E-state index in [9.17, 15) is 9.18 Å². The molecule has 1 aromatic carbocycles. The van der Waals surface area contributed by atoms with Crippen LogP contribution < -0.4 is 5.32 Å². The number of rotatable bonds is 5. The van der Waals surface area contributed by atoms with Crippen molar-refractivity contribution in [3.05, 3.63) is 64.7 Å². The topological polar surface area (TPSA) is 69.0 Å². The smallest absolute Gasteiger partial charge is 0.253 e. The molecule has 0 saturated carbocycles. The number of nitrogens with zero attached hydrogens (tertiary/aromatic N) is 3. The van der Waals surface area contributed by atoms with Crippen molar-refractivity contribution in [2.24, 2.45) is 0 Å². The number of aromatic nitrogens is 1. The van der Waals surface area contributed by atoms with Crippen molar-refractivity contribution < 1.29 is 13.6 Å². The third kappa shape index (κ3) is 4.70. The fourth-order valence-electron chi connectivity index (χ4n) is 3.23. The number of amides is 1. The molecule has 0 atom stereocenters. The number of carbonyl (C=O) groups is 1. The highest BCUT2D eigenvalue weighted by Gasteiger charge is 2.36. The summed E-state index contributed by atoms with van der Waals surface area (Å²) in [5, 5.41) is 12.0. The molecule has 0 bridgehead atoms. The van der Waals surface area contributed by atoms with Crippen molar-refractivity contribution in [1.29, 1.82) is 5.26 Å². The van der Waals surface area contributed by atoms with E-state index in [4.69, 9.17) is 5.26 Å². The maximum Gasteiger partial charge on any atom is 0.253 e. The zero-order chi connectivity index (χ0) is 20.1. The summed E-state index contributed by atoms with van der Waals surface area (Å²) in [4.78, 5) is 18.4. The molecular weight excluding hydrogens is 362 g/mol. The molecule has 0 spiro atoms. The molecule has 28 heavy (non-hydrogen) atoms. The zero-order valence-electron chi connectivity index (χ0n) is 15.7. The van der Waals surface area contributed by atoms with Gasteiger partial charge < -0.3 is 10.2 Å². The first-order valence-corrected chi connectivity index (χ1v) is 9.20. The molecule has 2 aromatic rings. The van der Waals surface area contributed by atoms with Crippen LogP contribution in [0.5, 0.6) is 0 Å². The van der Waals surface area contributed by atoms with Crippen LogP contribution in [0.15, 0.2) is 36.5 Å². The fourth-order valence-corrected chi connectivity index (χ4v) is 3.23. The molecule has 0 unspecified atom stereocenters. The normalized spacial score (nSPS) is 15.9. The number of aryl methyl sites for hydroxylation is 1. The van der Waals surface area contributed by atoms with Crippen molar-refractivity contribution in [2.75, 3.05) is 19.6 Å². The van der Waals surface area contributed by atoms with Crippen LogP contribution in [0.2, 0.25) is 0 Å². The molecule has 1 amide bonds. The number of halogens is 2. The SMILES string of the molecule is Cc1ccc(CNCC2(F)CCN(C(=O)c3ccc(F)c(C#N)c3)CC2)nc1. The third-order valence-corrected chi connectivity index (χ3v) is 5.00. The Bertz CT molecular complexity index is 884. The number of nitriles is 1. The summed E-state index contributed by atoms with van der Waals surface area (Å²) >= 11 is 0. The summed E-state index contributed by atoms with van der Waals surface area (Å²) in [6.45, 7) is 3.20. The molecule has 0 radical (unpaired) electrons. The lowest BCUT2D eigenvalue weighted by Crippen LogP contribution is -2.48. The summed E-state index contributed by atoms with van der Waals surface area (Å²) in [5.41, 5.74) is 0.615. The van der Waals surface area contributed by atoms with Crippen molar-refractivity contribution in [1.82, 2.24) is 15.2 Å². The molecule has 1 aliphatic rings. The Balaban J connectivity index is 1.52. The molecule has 1 fully saturated rings. The lowest BCUT2D eigenvalue weighted by Gasteiger charge is -2.36. The van der Waals surface area contributed by atoms with Gasteiger partial charge in [0.25, 0.3) is 5.91 Å². The van der Waals surface area contributed by atoms with Gasteiger partial charge in [-0.3, -0.25) is 9.78 Å². The minimum Gasteiger partial charge on any atom is -0.338 e.